The number of aromatic nitrogens is 2. The molecule has 0 bridgehead atoms. The fourth-order valence-corrected chi connectivity index (χ4v) is 3.23. The lowest BCUT2D eigenvalue weighted by molar-refractivity contribution is -0.130. The third-order valence-electron chi connectivity index (χ3n) is 4.66. The summed E-state index contributed by atoms with van der Waals surface area (Å²) >= 11 is 0. The first-order valence-electron chi connectivity index (χ1n) is 9.42. The number of rotatable bonds is 6. The molecule has 148 valence electrons. The lowest BCUT2D eigenvalue weighted by Crippen LogP contribution is -2.15. The SMILES string of the molecule is O=C(Cc1ccccc1)Nc1ccc2c(/C=C(\C(=O)O)c3ccccc3)c[nH]c2n1. The Bertz CT molecular complexity index is 1230. The van der Waals surface area contributed by atoms with Crippen molar-refractivity contribution < 1.29 is 14.7 Å². The van der Waals surface area contributed by atoms with Crippen LogP contribution < -0.4 is 5.32 Å². The highest BCUT2D eigenvalue weighted by Crippen LogP contribution is 2.25. The number of carboxylic acids is 1. The lowest BCUT2D eigenvalue weighted by atomic mass is 10.0. The normalized spacial score (nSPS) is 11.4. The summed E-state index contributed by atoms with van der Waals surface area (Å²) in [4.78, 5) is 31.5. The van der Waals surface area contributed by atoms with Crippen molar-refractivity contribution in [3.63, 3.8) is 0 Å². The minimum absolute atomic E-state index is 0.156. The maximum atomic E-state index is 12.3. The second-order valence-electron chi connectivity index (χ2n) is 6.78. The molecule has 0 saturated carbocycles. The van der Waals surface area contributed by atoms with Crippen molar-refractivity contribution in [1.29, 1.82) is 0 Å². The number of aromatic amines is 1. The number of carboxylic acid groups (broad SMARTS) is 1. The molecule has 2 aromatic heterocycles. The van der Waals surface area contributed by atoms with E-state index in [-0.39, 0.29) is 17.9 Å². The van der Waals surface area contributed by atoms with Gasteiger partial charge in [0.25, 0.3) is 0 Å². The van der Waals surface area contributed by atoms with Gasteiger partial charge >= 0.3 is 5.97 Å². The minimum atomic E-state index is -1.01. The highest BCUT2D eigenvalue weighted by molar-refractivity contribution is 6.21. The van der Waals surface area contributed by atoms with Gasteiger partial charge in [0.1, 0.15) is 11.5 Å². The fraction of sp³-hybridized carbons (Fsp3) is 0.0417. The molecule has 0 aliphatic heterocycles. The van der Waals surface area contributed by atoms with Crippen molar-refractivity contribution >= 4 is 40.4 Å². The van der Waals surface area contributed by atoms with Gasteiger partial charge in [-0.15, -0.1) is 0 Å². The summed E-state index contributed by atoms with van der Waals surface area (Å²) in [6, 6.07) is 21.9. The average molecular weight is 397 g/mol. The number of pyridine rings is 1. The molecule has 4 rings (SSSR count). The van der Waals surface area contributed by atoms with Crippen molar-refractivity contribution in [2.24, 2.45) is 0 Å². The summed E-state index contributed by atoms with van der Waals surface area (Å²) in [6.45, 7) is 0. The molecule has 0 spiro atoms. The third-order valence-corrected chi connectivity index (χ3v) is 4.66. The standard InChI is InChI=1S/C24H19N3O3/c28-22(13-16-7-3-1-4-8-16)26-21-12-11-19-18(15-25-23(19)27-21)14-20(24(29)30)17-9-5-2-6-10-17/h1-12,14-15H,13H2,(H,29,30)(H2,25,26,27,28)/b20-14-. The number of H-pyrrole nitrogens is 1. The molecule has 0 aliphatic rings. The average Bonchev–Trinajstić information content (AvgIpc) is 3.15. The highest BCUT2D eigenvalue weighted by Gasteiger charge is 2.13. The molecular formula is C24H19N3O3. The van der Waals surface area contributed by atoms with Crippen LogP contribution in [0, 0.1) is 0 Å². The van der Waals surface area contributed by atoms with Crippen LogP contribution in [0.4, 0.5) is 5.82 Å². The predicted molar refractivity (Wildman–Crippen MR) is 117 cm³/mol. The molecule has 2 heterocycles. The summed E-state index contributed by atoms with van der Waals surface area (Å²) in [6.07, 6.45) is 3.59. The van der Waals surface area contributed by atoms with Crippen LogP contribution in [0.5, 0.6) is 0 Å². The zero-order valence-electron chi connectivity index (χ0n) is 16.0. The Balaban J connectivity index is 1.58. The van der Waals surface area contributed by atoms with Gasteiger partial charge in [-0.3, -0.25) is 4.79 Å². The third kappa shape index (κ3) is 4.28. The van der Waals surface area contributed by atoms with Gasteiger partial charge in [0.2, 0.25) is 5.91 Å². The van der Waals surface area contributed by atoms with E-state index < -0.39 is 5.97 Å². The Hall–Kier alpha value is -4.19. The Labute approximate surface area is 172 Å². The molecule has 0 atom stereocenters. The first kappa shape index (κ1) is 19.1. The van der Waals surface area contributed by atoms with Gasteiger partial charge in [-0.05, 0) is 29.3 Å². The van der Waals surface area contributed by atoms with Crippen molar-refractivity contribution in [2.75, 3.05) is 5.32 Å². The van der Waals surface area contributed by atoms with Crippen LogP contribution in [0.3, 0.4) is 0 Å². The molecule has 6 heteroatoms. The summed E-state index contributed by atoms with van der Waals surface area (Å²) in [5.74, 6) is -0.729. The van der Waals surface area contributed by atoms with E-state index in [0.717, 1.165) is 10.9 Å². The molecule has 0 unspecified atom stereocenters. The van der Waals surface area contributed by atoms with E-state index in [4.69, 9.17) is 0 Å². The summed E-state index contributed by atoms with van der Waals surface area (Å²) in [5.41, 5.74) is 3.01. The minimum Gasteiger partial charge on any atom is -0.478 e. The molecule has 0 radical (unpaired) electrons. The largest absolute Gasteiger partial charge is 0.478 e. The number of aliphatic carboxylic acids is 1. The number of hydrogen-bond acceptors (Lipinski definition) is 3. The Morgan fingerprint density at radius 3 is 2.37 bits per heavy atom. The van der Waals surface area contributed by atoms with Crippen LogP contribution in [0.1, 0.15) is 16.7 Å². The molecule has 2 aromatic carbocycles. The number of carbonyl (C=O) groups is 2. The van der Waals surface area contributed by atoms with E-state index in [1.54, 1.807) is 42.6 Å². The van der Waals surface area contributed by atoms with Gasteiger partial charge in [0, 0.05) is 17.1 Å². The number of anilines is 1. The van der Waals surface area contributed by atoms with Crippen LogP contribution in [-0.2, 0) is 16.0 Å². The maximum Gasteiger partial charge on any atom is 0.336 e. The van der Waals surface area contributed by atoms with Gasteiger partial charge in [-0.2, -0.15) is 0 Å². The first-order valence-corrected chi connectivity index (χ1v) is 9.42. The van der Waals surface area contributed by atoms with Crippen LogP contribution in [0.15, 0.2) is 79.0 Å². The van der Waals surface area contributed by atoms with Crippen molar-refractivity contribution in [3.8, 4) is 0 Å². The topological polar surface area (TPSA) is 95.1 Å². The molecule has 6 nitrogen and oxygen atoms in total. The Morgan fingerprint density at radius 1 is 0.967 bits per heavy atom. The van der Waals surface area contributed by atoms with E-state index in [9.17, 15) is 14.7 Å². The summed E-state index contributed by atoms with van der Waals surface area (Å²) in [5, 5.41) is 13.2. The number of nitrogens with one attached hydrogen (secondary N) is 2. The molecular weight excluding hydrogens is 378 g/mol. The van der Waals surface area contributed by atoms with E-state index in [0.29, 0.717) is 22.6 Å². The predicted octanol–water partition coefficient (Wildman–Crippen LogP) is 4.37. The molecule has 1 amide bonds. The number of amides is 1. The zero-order chi connectivity index (χ0) is 20.9. The molecule has 3 N–H and O–H groups in total. The van der Waals surface area contributed by atoms with Crippen molar-refractivity contribution in [3.05, 3.63) is 95.7 Å². The second kappa shape index (κ2) is 8.45. The van der Waals surface area contributed by atoms with Crippen LogP contribution in [0.2, 0.25) is 0 Å². The van der Waals surface area contributed by atoms with E-state index >= 15 is 0 Å². The number of benzene rings is 2. The molecule has 0 saturated heterocycles. The van der Waals surface area contributed by atoms with Crippen LogP contribution in [0.25, 0.3) is 22.7 Å². The van der Waals surface area contributed by atoms with Crippen LogP contribution in [-0.4, -0.2) is 27.0 Å². The quantitative estimate of drug-likeness (QED) is 0.421. The fourth-order valence-electron chi connectivity index (χ4n) is 3.23. The number of hydrogen-bond donors (Lipinski definition) is 3. The van der Waals surface area contributed by atoms with E-state index in [1.165, 1.54) is 0 Å². The molecule has 0 aliphatic carbocycles. The Morgan fingerprint density at radius 2 is 1.67 bits per heavy atom. The number of nitrogens with zero attached hydrogens (tertiary/aromatic N) is 1. The van der Waals surface area contributed by atoms with Gasteiger partial charge in [0.05, 0.1) is 12.0 Å². The van der Waals surface area contributed by atoms with E-state index in [1.807, 2.05) is 42.5 Å². The lowest BCUT2D eigenvalue weighted by Gasteiger charge is -2.05. The molecule has 30 heavy (non-hydrogen) atoms. The first-order chi connectivity index (χ1) is 14.6. The van der Waals surface area contributed by atoms with Gasteiger partial charge in [-0.25, -0.2) is 9.78 Å². The van der Waals surface area contributed by atoms with Crippen molar-refractivity contribution in [2.45, 2.75) is 6.42 Å². The molecule has 0 fully saturated rings. The van der Waals surface area contributed by atoms with Gasteiger partial charge in [0.15, 0.2) is 0 Å². The van der Waals surface area contributed by atoms with Gasteiger partial charge in [-0.1, -0.05) is 60.7 Å². The summed E-state index contributed by atoms with van der Waals surface area (Å²) < 4.78 is 0. The van der Waals surface area contributed by atoms with Crippen molar-refractivity contribution in [1.82, 2.24) is 9.97 Å². The second-order valence-corrected chi connectivity index (χ2v) is 6.78. The highest BCUT2D eigenvalue weighted by atomic mass is 16.4. The molecule has 4 aromatic rings. The summed E-state index contributed by atoms with van der Waals surface area (Å²) in [7, 11) is 0. The maximum absolute atomic E-state index is 12.3. The van der Waals surface area contributed by atoms with Crippen LogP contribution >= 0.6 is 0 Å². The smallest absolute Gasteiger partial charge is 0.336 e. The zero-order valence-corrected chi connectivity index (χ0v) is 16.0. The number of fused-ring (bicyclic) bond motifs is 1. The monoisotopic (exact) mass is 397 g/mol. The van der Waals surface area contributed by atoms with Gasteiger partial charge < -0.3 is 15.4 Å². The number of carbonyl (C=O) groups excluding carboxylic acids is 1. The Kier molecular flexibility index (Phi) is 5.39. The van der Waals surface area contributed by atoms with E-state index in [2.05, 4.69) is 15.3 Å².